The summed E-state index contributed by atoms with van der Waals surface area (Å²) in [5, 5.41) is 8.37. The fourth-order valence-electron chi connectivity index (χ4n) is 0.996. The Labute approximate surface area is 97.4 Å². The van der Waals surface area contributed by atoms with Crippen LogP contribution < -0.4 is 4.72 Å². The minimum atomic E-state index is -3.39. The Balaban J connectivity index is 2.31. The number of nitrogens with zero attached hydrogens (tertiary/aromatic N) is 1. The van der Waals surface area contributed by atoms with Crippen LogP contribution in [0.5, 0.6) is 0 Å². The lowest BCUT2D eigenvalue weighted by Crippen LogP contribution is -2.25. The van der Waals surface area contributed by atoms with E-state index in [4.69, 9.17) is 5.11 Å². The van der Waals surface area contributed by atoms with Crippen molar-refractivity contribution in [2.75, 3.05) is 5.75 Å². The number of aliphatic carboxylic acids is 1. The van der Waals surface area contributed by atoms with Crippen molar-refractivity contribution in [3.8, 4) is 0 Å². The highest BCUT2D eigenvalue weighted by molar-refractivity contribution is 7.89. The second kappa shape index (κ2) is 5.92. The normalized spacial score (nSPS) is 11.5. The molecule has 0 saturated heterocycles. The number of sulfonamides is 1. The first-order chi connectivity index (χ1) is 7.49. The van der Waals surface area contributed by atoms with Crippen molar-refractivity contribution in [1.29, 1.82) is 0 Å². The highest BCUT2D eigenvalue weighted by Crippen LogP contribution is 2.05. The fraction of sp³-hybridized carbons (Fsp3) is 0.500. The molecule has 0 aliphatic carbocycles. The van der Waals surface area contributed by atoms with Crippen molar-refractivity contribution >= 4 is 27.3 Å². The van der Waals surface area contributed by atoms with Gasteiger partial charge in [0.25, 0.3) is 0 Å². The molecule has 0 fully saturated rings. The van der Waals surface area contributed by atoms with E-state index in [9.17, 15) is 13.2 Å². The van der Waals surface area contributed by atoms with E-state index in [1.807, 2.05) is 0 Å². The molecule has 6 nitrogen and oxygen atoms in total. The molecular formula is C8H12N2O4S2. The van der Waals surface area contributed by atoms with Crippen LogP contribution in [-0.2, 0) is 21.4 Å². The number of thiazole rings is 1. The van der Waals surface area contributed by atoms with Gasteiger partial charge in [-0.15, -0.1) is 11.3 Å². The molecule has 0 spiro atoms. The van der Waals surface area contributed by atoms with E-state index in [1.54, 1.807) is 11.7 Å². The molecule has 0 amide bonds. The quantitative estimate of drug-likeness (QED) is 0.744. The summed E-state index contributed by atoms with van der Waals surface area (Å²) < 4.78 is 25.2. The SMILES string of the molecule is O=C(O)CCCS(=O)(=O)NCc1cncs1. The molecule has 90 valence electrons. The van der Waals surface area contributed by atoms with E-state index in [0.717, 1.165) is 4.88 Å². The van der Waals surface area contributed by atoms with E-state index in [1.165, 1.54) is 11.3 Å². The van der Waals surface area contributed by atoms with Gasteiger partial charge in [-0.05, 0) is 6.42 Å². The standard InChI is InChI=1S/C8H12N2O4S2/c11-8(12)2-1-3-16(13,14)10-5-7-4-9-6-15-7/h4,6,10H,1-3,5H2,(H,11,12). The number of carboxylic acids is 1. The van der Waals surface area contributed by atoms with E-state index in [-0.39, 0.29) is 25.1 Å². The Hall–Kier alpha value is -0.990. The molecule has 1 aromatic heterocycles. The van der Waals surface area contributed by atoms with Gasteiger partial charge in [-0.3, -0.25) is 9.78 Å². The Morgan fingerprint density at radius 1 is 1.56 bits per heavy atom. The first kappa shape index (κ1) is 13.1. The van der Waals surface area contributed by atoms with E-state index >= 15 is 0 Å². The third-order valence-corrected chi connectivity index (χ3v) is 3.94. The molecule has 0 radical (unpaired) electrons. The van der Waals surface area contributed by atoms with Crippen molar-refractivity contribution in [2.24, 2.45) is 0 Å². The van der Waals surface area contributed by atoms with Crippen molar-refractivity contribution in [1.82, 2.24) is 9.71 Å². The Kier molecular flexibility index (Phi) is 4.84. The lowest BCUT2D eigenvalue weighted by Gasteiger charge is -2.03. The summed E-state index contributed by atoms with van der Waals surface area (Å²) in [6.45, 7) is 0.208. The zero-order chi connectivity index (χ0) is 12.0. The molecule has 1 rings (SSSR count). The first-order valence-corrected chi connectivity index (χ1v) is 7.09. The van der Waals surface area contributed by atoms with Gasteiger partial charge < -0.3 is 5.11 Å². The summed E-state index contributed by atoms with van der Waals surface area (Å²) >= 11 is 1.36. The van der Waals surface area contributed by atoms with Gasteiger partial charge in [0.2, 0.25) is 10.0 Å². The average Bonchev–Trinajstić information content (AvgIpc) is 2.66. The minimum Gasteiger partial charge on any atom is -0.481 e. The number of carbonyl (C=O) groups is 1. The van der Waals surface area contributed by atoms with Gasteiger partial charge in [0.15, 0.2) is 0 Å². The number of carboxylic acid groups (broad SMARTS) is 1. The molecule has 1 heterocycles. The molecule has 0 aromatic carbocycles. The third-order valence-electron chi connectivity index (χ3n) is 1.75. The molecule has 2 N–H and O–H groups in total. The number of nitrogens with one attached hydrogen (secondary N) is 1. The smallest absolute Gasteiger partial charge is 0.303 e. The Morgan fingerprint density at radius 2 is 2.31 bits per heavy atom. The number of rotatable bonds is 7. The molecular weight excluding hydrogens is 252 g/mol. The van der Waals surface area contributed by atoms with E-state index in [2.05, 4.69) is 9.71 Å². The third kappa shape index (κ3) is 5.19. The van der Waals surface area contributed by atoms with Crippen molar-refractivity contribution in [3.05, 3.63) is 16.6 Å². The molecule has 0 aliphatic rings. The topological polar surface area (TPSA) is 96.4 Å². The maximum Gasteiger partial charge on any atom is 0.303 e. The molecule has 0 saturated carbocycles. The van der Waals surface area contributed by atoms with Crippen LogP contribution in [0.2, 0.25) is 0 Å². The fourth-order valence-corrected chi connectivity index (χ4v) is 2.67. The van der Waals surface area contributed by atoms with Crippen LogP contribution in [0.15, 0.2) is 11.7 Å². The van der Waals surface area contributed by atoms with Gasteiger partial charge >= 0.3 is 5.97 Å². The Morgan fingerprint density at radius 3 is 2.88 bits per heavy atom. The number of aromatic nitrogens is 1. The summed E-state index contributed by atoms with van der Waals surface area (Å²) in [7, 11) is -3.39. The summed E-state index contributed by atoms with van der Waals surface area (Å²) in [4.78, 5) is 14.8. The van der Waals surface area contributed by atoms with Gasteiger partial charge in [-0.25, -0.2) is 13.1 Å². The molecule has 0 aliphatic heterocycles. The molecule has 0 unspecified atom stereocenters. The Bertz CT molecular complexity index is 427. The van der Waals surface area contributed by atoms with E-state index < -0.39 is 16.0 Å². The predicted octanol–water partition coefficient (Wildman–Crippen LogP) is 0.427. The van der Waals surface area contributed by atoms with Crippen LogP contribution in [0.4, 0.5) is 0 Å². The van der Waals surface area contributed by atoms with Gasteiger partial charge in [0.1, 0.15) is 0 Å². The van der Waals surface area contributed by atoms with Crippen LogP contribution in [0, 0.1) is 0 Å². The van der Waals surface area contributed by atoms with Crippen molar-refractivity contribution < 1.29 is 18.3 Å². The van der Waals surface area contributed by atoms with Crippen LogP contribution in [0.1, 0.15) is 17.7 Å². The predicted molar refractivity (Wildman–Crippen MR) is 59.6 cm³/mol. The summed E-state index contributed by atoms with van der Waals surface area (Å²) in [5.41, 5.74) is 1.62. The first-order valence-electron chi connectivity index (χ1n) is 4.56. The summed E-state index contributed by atoms with van der Waals surface area (Å²) in [5.74, 6) is -1.16. The zero-order valence-corrected chi connectivity index (χ0v) is 10.1. The number of hydrogen-bond acceptors (Lipinski definition) is 5. The largest absolute Gasteiger partial charge is 0.481 e. The van der Waals surface area contributed by atoms with Gasteiger partial charge in [-0.1, -0.05) is 0 Å². The highest BCUT2D eigenvalue weighted by Gasteiger charge is 2.11. The summed E-state index contributed by atoms with van der Waals surface area (Å²) in [6.07, 6.45) is 1.57. The lowest BCUT2D eigenvalue weighted by molar-refractivity contribution is -0.137. The maximum atomic E-state index is 11.4. The van der Waals surface area contributed by atoms with Gasteiger partial charge in [0, 0.05) is 24.0 Å². The maximum absolute atomic E-state index is 11.4. The second-order valence-electron chi connectivity index (χ2n) is 3.11. The highest BCUT2D eigenvalue weighted by atomic mass is 32.2. The van der Waals surface area contributed by atoms with Gasteiger partial charge in [-0.2, -0.15) is 0 Å². The lowest BCUT2D eigenvalue weighted by atomic mass is 10.3. The molecule has 0 bridgehead atoms. The second-order valence-corrected chi connectivity index (χ2v) is 6.00. The van der Waals surface area contributed by atoms with Crippen LogP contribution >= 0.6 is 11.3 Å². The van der Waals surface area contributed by atoms with E-state index in [0.29, 0.717) is 0 Å². The zero-order valence-electron chi connectivity index (χ0n) is 8.42. The van der Waals surface area contributed by atoms with Crippen molar-refractivity contribution in [3.63, 3.8) is 0 Å². The average molecular weight is 264 g/mol. The van der Waals surface area contributed by atoms with Crippen LogP contribution in [-0.4, -0.2) is 30.2 Å². The molecule has 0 atom stereocenters. The van der Waals surface area contributed by atoms with Gasteiger partial charge in [0.05, 0.1) is 11.3 Å². The van der Waals surface area contributed by atoms with Crippen molar-refractivity contribution in [2.45, 2.75) is 19.4 Å². The van der Waals surface area contributed by atoms with Crippen LogP contribution in [0.3, 0.4) is 0 Å². The summed E-state index contributed by atoms with van der Waals surface area (Å²) in [6, 6.07) is 0. The minimum absolute atomic E-state index is 0.118. The molecule has 1 aromatic rings. The molecule has 16 heavy (non-hydrogen) atoms. The monoisotopic (exact) mass is 264 g/mol. The van der Waals surface area contributed by atoms with Crippen LogP contribution in [0.25, 0.3) is 0 Å². The number of hydrogen-bond donors (Lipinski definition) is 2. The molecule has 8 heteroatoms.